The topological polar surface area (TPSA) is 46.5 Å². The Kier molecular flexibility index (Phi) is 3.38. The first-order valence-corrected chi connectivity index (χ1v) is 6.64. The minimum Gasteiger partial charge on any atom is -0.395 e. The molecule has 0 aliphatic carbocycles. The van der Waals surface area contributed by atoms with Crippen molar-refractivity contribution < 1.29 is 14.6 Å². The SMILES string of the molecule is O=C(c1ccc(-c2ccccc2)cc1)C1(CO)COC1. The van der Waals surface area contributed by atoms with Crippen LogP contribution in [0.5, 0.6) is 0 Å². The van der Waals surface area contributed by atoms with Gasteiger partial charge in [0, 0.05) is 5.56 Å². The quantitative estimate of drug-likeness (QED) is 0.867. The van der Waals surface area contributed by atoms with Gasteiger partial charge < -0.3 is 9.84 Å². The lowest BCUT2D eigenvalue weighted by atomic mass is 9.79. The molecule has 1 aliphatic heterocycles. The van der Waals surface area contributed by atoms with Crippen LogP contribution >= 0.6 is 0 Å². The Bertz CT molecular complexity index is 592. The number of carbonyl (C=O) groups is 1. The van der Waals surface area contributed by atoms with Crippen molar-refractivity contribution in [3.63, 3.8) is 0 Å². The number of aliphatic hydroxyl groups is 1. The predicted molar refractivity (Wildman–Crippen MR) is 76.5 cm³/mol. The summed E-state index contributed by atoms with van der Waals surface area (Å²) in [5, 5.41) is 9.40. The van der Waals surface area contributed by atoms with Crippen molar-refractivity contribution in [3.8, 4) is 11.1 Å². The molecule has 0 aromatic heterocycles. The van der Waals surface area contributed by atoms with Crippen molar-refractivity contribution in [2.24, 2.45) is 5.41 Å². The molecule has 0 saturated carbocycles. The first-order valence-electron chi connectivity index (χ1n) is 6.64. The highest BCUT2D eigenvalue weighted by atomic mass is 16.5. The molecular formula is C17H16O3. The van der Waals surface area contributed by atoms with Crippen molar-refractivity contribution >= 4 is 5.78 Å². The fourth-order valence-electron chi connectivity index (χ4n) is 2.39. The molecule has 3 nitrogen and oxygen atoms in total. The smallest absolute Gasteiger partial charge is 0.175 e. The maximum atomic E-state index is 12.4. The zero-order valence-electron chi connectivity index (χ0n) is 11.1. The van der Waals surface area contributed by atoms with Crippen molar-refractivity contribution in [2.45, 2.75) is 0 Å². The highest BCUT2D eigenvalue weighted by Gasteiger charge is 2.45. The van der Waals surface area contributed by atoms with Gasteiger partial charge in [-0.2, -0.15) is 0 Å². The fourth-order valence-corrected chi connectivity index (χ4v) is 2.39. The number of hydrogen-bond acceptors (Lipinski definition) is 3. The van der Waals surface area contributed by atoms with Crippen molar-refractivity contribution in [2.75, 3.05) is 19.8 Å². The molecule has 3 heteroatoms. The number of rotatable bonds is 4. The molecule has 0 unspecified atom stereocenters. The molecule has 1 heterocycles. The van der Waals surface area contributed by atoms with Gasteiger partial charge in [-0.1, -0.05) is 54.6 Å². The summed E-state index contributed by atoms with van der Waals surface area (Å²) in [6.07, 6.45) is 0. The van der Waals surface area contributed by atoms with E-state index in [2.05, 4.69) is 0 Å². The van der Waals surface area contributed by atoms with Gasteiger partial charge in [-0.25, -0.2) is 0 Å². The number of carbonyl (C=O) groups excluding carboxylic acids is 1. The standard InChI is InChI=1S/C17H16O3/c18-10-17(11-20-12-17)16(19)15-8-6-14(7-9-15)13-4-2-1-3-5-13/h1-9,18H,10-12H2. The van der Waals surface area contributed by atoms with E-state index in [0.717, 1.165) is 11.1 Å². The Balaban J connectivity index is 1.85. The van der Waals surface area contributed by atoms with E-state index in [1.807, 2.05) is 54.6 Å². The summed E-state index contributed by atoms with van der Waals surface area (Å²) in [7, 11) is 0. The zero-order valence-corrected chi connectivity index (χ0v) is 11.1. The molecule has 0 bridgehead atoms. The molecule has 20 heavy (non-hydrogen) atoms. The summed E-state index contributed by atoms with van der Waals surface area (Å²) in [5.41, 5.74) is 2.09. The van der Waals surface area contributed by atoms with E-state index in [1.165, 1.54) is 0 Å². The lowest BCUT2D eigenvalue weighted by molar-refractivity contribution is -0.109. The lowest BCUT2D eigenvalue weighted by Gasteiger charge is -2.38. The van der Waals surface area contributed by atoms with Crippen LogP contribution in [0.4, 0.5) is 0 Å². The zero-order chi connectivity index (χ0) is 14.0. The Morgan fingerprint density at radius 1 is 1.00 bits per heavy atom. The maximum absolute atomic E-state index is 12.4. The maximum Gasteiger partial charge on any atom is 0.175 e. The van der Waals surface area contributed by atoms with Crippen LogP contribution in [0.1, 0.15) is 10.4 Å². The predicted octanol–water partition coefficient (Wildman–Crippen LogP) is 2.55. The Hall–Kier alpha value is -1.97. The normalized spacial score (nSPS) is 16.4. The number of aliphatic hydroxyl groups excluding tert-OH is 1. The first kappa shape index (κ1) is 13.0. The van der Waals surface area contributed by atoms with Crippen LogP contribution in [-0.2, 0) is 4.74 Å². The van der Waals surface area contributed by atoms with Crippen LogP contribution < -0.4 is 0 Å². The largest absolute Gasteiger partial charge is 0.395 e. The minimum absolute atomic E-state index is 0.0362. The van der Waals surface area contributed by atoms with Crippen molar-refractivity contribution in [3.05, 3.63) is 60.2 Å². The summed E-state index contributed by atoms with van der Waals surface area (Å²) < 4.78 is 5.08. The van der Waals surface area contributed by atoms with E-state index in [4.69, 9.17) is 4.74 Å². The minimum atomic E-state index is -0.728. The molecule has 0 atom stereocenters. The summed E-state index contributed by atoms with van der Waals surface area (Å²) in [6, 6.07) is 17.5. The Morgan fingerprint density at radius 2 is 1.60 bits per heavy atom. The lowest BCUT2D eigenvalue weighted by Crippen LogP contribution is -2.51. The molecule has 1 saturated heterocycles. The molecule has 2 aromatic rings. The number of benzene rings is 2. The fraction of sp³-hybridized carbons (Fsp3) is 0.235. The van der Waals surface area contributed by atoms with E-state index in [9.17, 15) is 9.90 Å². The molecule has 2 aromatic carbocycles. The van der Waals surface area contributed by atoms with Crippen LogP contribution in [0.25, 0.3) is 11.1 Å². The van der Waals surface area contributed by atoms with Crippen LogP contribution in [0.2, 0.25) is 0 Å². The van der Waals surface area contributed by atoms with Gasteiger partial charge in [-0.3, -0.25) is 4.79 Å². The van der Waals surface area contributed by atoms with Gasteiger partial charge in [0.1, 0.15) is 5.41 Å². The van der Waals surface area contributed by atoms with Crippen LogP contribution in [0, 0.1) is 5.41 Å². The average Bonchev–Trinajstić information content (AvgIpc) is 2.48. The molecule has 102 valence electrons. The summed E-state index contributed by atoms with van der Waals surface area (Å²) in [4.78, 5) is 12.4. The third-order valence-corrected chi connectivity index (χ3v) is 3.80. The van der Waals surface area contributed by atoms with E-state index < -0.39 is 5.41 Å². The molecule has 1 aliphatic rings. The second-order valence-electron chi connectivity index (χ2n) is 5.20. The van der Waals surface area contributed by atoms with Crippen LogP contribution in [0.3, 0.4) is 0 Å². The number of ketones is 1. The van der Waals surface area contributed by atoms with Gasteiger partial charge >= 0.3 is 0 Å². The molecule has 0 spiro atoms. The molecule has 1 fully saturated rings. The highest BCUT2D eigenvalue weighted by molar-refractivity contribution is 6.01. The summed E-state index contributed by atoms with van der Waals surface area (Å²) in [5.74, 6) is -0.0362. The Labute approximate surface area is 117 Å². The third kappa shape index (κ3) is 2.15. The Morgan fingerprint density at radius 3 is 2.10 bits per heavy atom. The van der Waals surface area contributed by atoms with Gasteiger partial charge in [-0.15, -0.1) is 0 Å². The molecular weight excluding hydrogens is 252 g/mol. The molecule has 3 rings (SSSR count). The van der Waals surface area contributed by atoms with Crippen molar-refractivity contribution in [1.82, 2.24) is 0 Å². The van der Waals surface area contributed by atoms with Crippen LogP contribution in [-0.4, -0.2) is 30.7 Å². The third-order valence-electron chi connectivity index (χ3n) is 3.80. The van der Waals surface area contributed by atoms with E-state index in [1.54, 1.807) is 0 Å². The van der Waals surface area contributed by atoms with Gasteiger partial charge in [-0.05, 0) is 11.1 Å². The van der Waals surface area contributed by atoms with Gasteiger partial charge in [0.15, 0.2) is 5.78 Å². The number of ether oxygens (including phenoxy) is 1. The first-order chi connectivity index (χ1) is 9.75. The van der Waals surface area contributed by atoms with Gasteiger partial charge in [0.05, 0.1) is 19.8 Å². The van der Waals surface area contributed by atoms with E-state index in [-0.39, 0.29) is 12.4 Å². The molecule has 0 radical (unpaired) electrons. The highest BCUT2D eigenvalue weighted by Crippen LogP contribution is 2.31. The average molecular weight is 268 g/mol. The molecule has 0 amide bonds. The van der Waals surface area contributed by atoms with Gasteiger partial charge in [0.25, 0.3) is 0 Å². The number of hydrogen-bond donors (Lipinski definition) is 1. The van der Waals surface area contributed by atoms with Crippen molar-refractivity contribution in [1.29, 1.82) is 0 Å². The monoisotopic (exact) mass is 268 g/mol. The van der Waals surface area contributed by atoms with Gasteiger partial charge in [0.2, 0.25) is 0 Å². The van der Waals surface area contributed by atoms with E-state index in [0.29, 0.717) is 18.8 Å². The van der Waals surface area contributed by atoms with Crippen LogP contribution in [0.15, 0.2) is 54.6 Å². The summed E-state index contributed by atoms with van der Waals surface area (Å²) in [6.45, 7) is 0.456. The molecule has 1 N–H and O–H groups in total. The second kappa shape index (κ2) is 5.19. The summed E-state index contributed by atoms with van der Waals surface area (Å²) >= 11 is 0. The van der Waals surface area contributed by atoms with E-state index >= 15 is 0 Å². The second-order valence-corrected chi connectivity index (χ2v) is 5.20. The number of Topliss-reactive ketones (excluding diaryl/α,β-unsaturated/α-hetero) is 1.